The van der Waals surface area contributed by atoms with Crippen LogP contribution in [0.25, 0.3) is 0 Å². The Morgan fingerprint density at radius 1 is 1.19 bits per heavy atom. The van der Waals surface area contributed by atoms with Gasteiger partial charge in [0.2, 0.25) is 0 Å². The monoisotopic (exact) mass is 356 g/mol. The lowest BCUT2D eigenvalue weighted by Crippen LogP contribution is -2.13. The van der Waals surface area contributed by atoms with Crippen molar-refractivity contribution < 1.29 is 18.5 Å². The smallest absolute Gasteiger partial charge is 0.272 e. The highest BCUT2D eigenvalue weighted by molar-refractivity contribution is 9.10. The van der Waals surface area contributed by atoms with Gasteiger partial charge in [0.05, 0.1) is 22.2 Å². The van der Waals surface area contributed by atoms with Crippen molar-refractivity contribution in [2.75, 3.05) is 5.32 Å². The number of carbonyl (C=O) groups excluding carboxylic acids is 1. The fourth-order valence-electron chi connectivity index (χ4n) is 1.58. The van der Waals surface area contributed by atoms with Gasteiger partial charge in [-0.25, -0.2) is 8.78 Å². The van der Waals surface area contributed by atoms with E-state index in [1.54, 1.807) is 0 Å². The van der Waals surface area contributed by atoms with E-state index in [9.17, 15) is 23.7 Å². The number of nitro benzene ring substituents is 1. The fraction of sp³-hybridized carbons (Fsp3) is 0. The molecule has 0 aliphatic carbocycles. The first kappa shape index (κ1) is 15.0. The average molecular weight is 357 g/mol. The Hall–Kier alpha value is -2.35. The van der Waals surface area contributed by atoms with Crippen molar-refractivity contribution in [3.05, 3.63) is 68.2 Å². The summed E-state index contributed by atoms with van der Waals surface area (Å²) in [6.45, 7) is 0. The van der Waals surface area contributed by atoms with Gasteiger partial charge in [-0.2, -0.15) is 0 Å². The highest BCUT2D eigenvalue weighted by atomic mass is 79.9. The Bertz CT molecular complexity index is 737. The third kappa shape index (κ3) is 3.40. The zero-order chi connectivity index (χ0) is 15.6. The van der Waals surface area contributed by atoms with E-state index in [0.29, 0.717) is 6.07 Å². The van der Waals surface area contributed by atoms with Crippen LogP contribution in [0.15, 0.2) is 40.9 Å². The number of anilines is 1. The predicted octanol–water partition coefficient (Wildman–Crippen LogP) is 3.89. The molecule has 0 aromatic heterocycles. The number of amides is 1. The van der Waals surface area contributed by atoms with E-state index in [-0.39, 0.29) is 15.7 Å². The van der Waals surface area contributed by atoms with E-state index in [4.69, 9.17) is 0 Å². The molecule has 0 fully saturated rings. The van der Waals surface area contributed by atoms with Crippen LogP contribution in [0, 0.1) is 21.7 Å². The standard InChI is InChI=1S/C13H7BrF2N2O3/c14-10-5-7(15)1-3-9(10)13(19)17-12-4-2-8(18(20)21)6-11(12)16/h1-6H,(H,17,19). The summed E-state index contributed by atoms with van der Waals surface area (Å²) in [5.41, 5.74) is -0.524. The first-order valence-corrected chi connectivity index (χ1v) is 6.38. The molecule has 0 unspecified atom stereocenters. The molecule has 0 aliphatic rings. The van der Waals surface area contributed by atoms with Crippen LogP contribution in [0.4, 0.5) is 20.2 Å². The summed E-state index contributed by atoms with van der Waals surface area (Å²) in [5, 5.41) is 12.8. The zero-order valence-corrected chi connectivity index (χ0v) is 11.9. The van der Waals surface area contributed by atoms with Crippen LogP contribution < -0.4 is 5.32 Å². The summed E-state index contributed by atoms with van der Waals surface area (Å²) in [5.74, 6) is -2.13. The van der Waals surface area contributed by atoms with Crippen LogP contribution in [0.3, 0.4) is 0 Å². The zero-order valence-electron chi connectivity index (χ0n) is 10.3. The molecule has 5 nitrogen and oxygen atoms in total. The van der Waals surface area contributed by atoms with Gasteiger partial charge in [0.25, 0.3) is 11.6 Å². The van der Waals surface area contributed by atoms with E-state index < -0.39 is 28.2 Å². The number of benzene rings is 2. The molecule has 0 saturated carbocycles. The van der Waals surface area contributed by atoms with E-state index in [0.717, 1.165) is 24.3 Å². The van der Waals surface area contributed by atoms with E-state index in [2.05, 4.69) is 21.2 Å². The van der Waals surface area contributed by atoms with Gasteiger partial charge in [0, 0.05) is 10.5 Å². The van der Waals surface area contributed by atoms with Crippen molar-refractivity contribution >= 4 is 33.2 Å². The topological polar surface area (TPSA) is 72.2 Å². The van der Waals surface area contributed by atoms with E-state index >= 15 is 0 Å². The molecule has 2 rings (SSSR count). The lowest BCUT2D eigenvalue weighted by Gasteiger charge is -2.07. The van der Waals surface area contributed by atoms with Gasteiger partial charge in [0.15, 0.2) is 5.82 Å². The molecule has 0 saturated heterocycles. The Morgan fingerprint density at radius 2 is 1.90 bits per heavy atom. The number of carbonyl (C=O) groups is 1. The highest BCUT2D eigenvalue weighted by Gasteiger charge is 2.15. The maximum atomic E-state index is 13.7. The minimum atomic E-state index is -0.934. The molecule has 108 valence electrons. The Labute approximate surface area is 125 Å². The predicted molar refractivity (Wildman–Crippen MR) is 75.1 cm³/mol. The lowest BCUT2D eigenvalue weighted by molar-refractivity contribution is -0.385. The minimum Gasteiger partial charge on any atom is -0.319 e. The number of rotatable bonds is 3. The minimum absolute atomic E-state index is 0.106. The quantitative estimate of drug-likeness (QED) is 0.669. The maximum absolute atomic E-state index is 13.7. The van der Waals surface area contributed by atoms with Crippen LogP contribution in [0.1, 0.15) is 10.4 Å². The lowest BCUT2D eigenvalue weighted by atomic mass is 10.2. The first-order chi connectivity index (χ1) is 9.88. The van der Waals surface area contributed by atoms with Gasteiger partial charge in [-0.05, 0) is 40.2 Å². The highest BCUT2D eigenvalue weighted by Crippen LogP contribution is 2.23. The third-order valence-corrected chi connectivity index (χ3v) is 3.24. The van der Waals surface area contributed by atoms with Crippen molar-refractivity contribution in [1.29, 1.82) is 0 Å². The molecule has 21 heavy (non-hydrogen) atoms. The normalized spacial score (nSPS) is 10.2. The molecule has 0 bridgehead atoms. The van der Waals surface area contributed by atoms with Gasteiger partial charge in [-0.15, -0.1) is 0 Å². The summed E-state index contributed by atoms with van der Waals surface area (Å²) in [4.78, 5) is 21.7. The van der Waals surface area contributed by atoms with Crippen LogP contribution in [-0.4, -0.2) is 10.8 Å². The van der Waals surface area contributed by atoms with Crippen LogP contribution in [0.2, 0.25) is 0 Å². The molecule has 0 spiro atoms. The Morgan fingerprint density at radius 3 is 2.48 bits per heavy atom. The van der Waals surface area contributed by atoms with Gasteiger partial charge in [-0.3, -0.25) is 14.9 Å². The molecule has 0 radical (unpaired) electrons. The van der Waals surface area contributed by atoms with Gasteiger partial charge >= 0.3 is 0 Å². The molecule has 8 heteroatoms. The summed E-state index contributed by atoms with van der Waals surface area (Å²) < 4.78 is 26.8. The van der Waals surface area contributed by atoms with E-state index in [1.807, 2.05) is 0 Å². The molecular formula is C13H7BrF2N2O3. The molecule has 2 aromatic carbocycles. The molecule has 0 atom stereocenters. The number of hydrogen-bond acceptors (Lipinski definition) is 3. The molecule has 0 heterocycles. The average Bonchev–Trinajstić information content (AvgIpc) is 2.40. The SMILES string of the molecule is O=C(Nc1ccc([N+](=O)[O-])cc1F)c1ccc(F)cc1Br. The van der Waals surface area contributed by atoms with Crippen molar-refractivity contribution in [3.8, 4) is 0 Å². The Kier molecular flexibility index (Phi) is 4.27. The largest absolute Gasteiger partial charge is 0.319 e. The number of halogens is 3. The first-order valence-electron chi connectivity index (χ1n) is 5.59. The van der Waals surface area contributed by atoms with Crippen LogP contribution >= 0.6 is 15.9 Å². The number of nitrogens with zero attached hydrogens (tertiary/aromatic N) is 1. The Balaban J connectivity index is 2.25. The maximum Gasteiger partial charge on any atom is 0.272 e. The summed E-state index contributed by atoms with van der Waals surface area (Å²) in [6, 6.07) is 6.28. The molecular weight excluding hydrogens is 350 g/mol. The summed E-state index contributed by atoms with van der Waals surface area (Å²) in [7, 11) is 0. The van der Waals surface area contributed by atoms with Gasteiger partial charge in [0.1, 0.15) is 5.82 Å². The van der Waals surface area contributed by atoms with Gasteiger partial charge < -0.3 is 5.32 Å². The number of nitro groups is 1. The van der Waals surface area contributed by atoms with Crippen LogP contribution in [0.5, 0.6) is 0 Å². The fourth-order valence-corrected chi connectivity index (χ4v) is 2.11. The van der Waals surface area contributed by atoms with Crippen molar-refractivity contribution in [2.45, 2.75) is 0 Å². The number of hydrogen-bond donors (Lipinski definition) is 1. The molecule has 0 aliphatic heterocycles. The third-order valence-electron chi connectivity index (χ3n) is 2.59. The molecule has 1 amide bonds. The second-order valence-electron chi connectivity index (χ2n) is 4.00. The van der Waals surface area contributed by atoms with Crippen molar-refractivity contribution in [2.24, 2.45) is 0 Å². The van der Waals surface area contributed by atoms with Crippen LogP contribution in [-0.2, 0) is 0 Å². The molecule has 1 N–H and O–H groups in total. The second kappa shape index (κ2) is 5.96. The van der Waals surface area contributed by atoms with Crippen molar-refractivity contribution in [1.82, 2.24) is 0 Å². The second-order valence-corrected chi connectivity index (χ2v) is 4.85. The number of non-ortho nitro benzene ring substituents is 1. The molecule has 2 aromatic rings. The van der Waals surface area contributed by atoms with Crippen molar-refractivity contribution in [3.63, 3.8) is 0 Å². The number of nitrogens with one attached hydrogen (secondary N) is 1. The summed E-state index contributed by atoms with van der Waals surface area (Å²) >= 11 is 3.03. The van der Waals surface area contributed by atoms with Gasteiger partial charge in [-0.1, -0.05) is 0 Å². The summed E-state index contributed by atoms with van der Waals surface area (Å²) in [6.07, 6.45) is 0. The van der Waals surface area contributed by atoms with E-state index in [1.165, 1.54) is 6.07 Å².